The van der Waals surface area contributed by atoms with Gasteiger partial charge in [0.25, 0.3) is 0 Å². The van der Waals surface area contributed by atoms with Crippen molar-refractivity contribution in [2.45, 2.75) is 13.2 Å². The number of aliphatic imine (C=N–C) groups is 1. The summed E-state index contributed by atoms with van der Waals surface area (Å²) < 4.78 is 15.8. The number of nitrogens with zero attached hydrogens (tertiary/aromatic N) is 1. The molecule has 0 unspecified atom stereocenters. The minimum Gasteiger partial charge on any atom is -0.453 e. The number of methoxy groups -OCH3 is 2. The van der Waals surface area contributed by atoms with Crippen LogP contribution in [0.5, 0.6) is 0 Å². The number of ketones is 1. The molecule has 1 aromatic carbocycles. The molecule has 2 aromatic rings. The van der Waals surface area contributed by atoms with E-state index in [-0.39, 0.29) is 30.6 Å². The molecule has 0 saturated carbocycles. The van der Waals surface area contributed by atoms with E-state index >= 15 is 0 Å². The van der Waals surface area contributed by atoms with Crippen LogP contribution in [0, 0.1) is 0 Å². The Bertz CT molecular complexity index is 691. The third-order valence-electron chi connectivity index (χ3n) is 3.37. The van der Waals surface area contributed by atoms with Crippen molar-refractivity contribution in [2.75, 3.05) is 20.8 Å². The largest absolute Gasteiger partial charge is 0.453 e. The van der Waals surface area contributed by atoms with E-state index in [0.717, 1.165) is 5.56 Å². The van der Waals surface area contributed by atoms with Crippen LogP contribution in [-0.4, -0.2) is 38.7 Å². The molecule has 0 radical (unpaired) electrons. The Morgan fingerprint density at radius 3 is 2.33 bits per heavy atom. The molecule has 6 nitrogen and oxygen atoms in total. The van der Waals surface area contributed by atoms with Crippen molar-refractivity contribution < 1.29 is 18.7 Å². The molecule has 130 valence electrons. The van der Waals surface area contributed by atoms with Crippen LogP contribution in [0.3, 0.4) is 0 Å². The van der Waals surface area contributed by atoms with Crippen molar-refractivity contribution in [3.8, 4) is 11.3 Å². The van der Waals surface area contributed by atoms with E-state index in [9.17, 15) is 4.79 Å². The minimum absolute atomic E-state index is 0. The van der Waals surface area contributed by atoms with Gasteiger partial charge in [0.05, 0.1) is 6.54 Å². The van der Waals surface area contributed by atoms with Gasteiger partial charge in [-0.25, -0.2) is 0 Å². The van der Waals surface area contributed by atoms with Crippen LogP contribution in [0.2, 0.25) is 0 Å². The first-order chi connectivity index (χ1) is 11.0. The van der Waals surface area contributed by atoms with Crippen molar-refractivity contribution in [2.24, 2.45) is 10.7 Å². The Kier molecular flexibility index (Phi) is 7.64. The number of hydrogen-bond acceptors (Lipinski definition) is 5. The number of benzene rings is 1. The number of furan rings is 1. The molecule has 0 amide bonds. The fourth-order valence-electron chi connectivity index (χ4n) is 2.00. The molecule has 24 heavy (non-hydrogen) atoms. The molecule has 7 heteroatoms. The summed E-state index contributed by atoms with van der Waals surface area (Å²) in [6.07, 6.45) is -0.442. The molecule has 1 heterocycles. The van der Waals surface area contributed by atoms with Gasteiger partial charge in [-0.2, -0.15) is 0 Å². The maximum atomic E-state index is 11.3. The Morgan fingerprint density at radius 1 is 1.17 bits per heavy atom. The number of Topliss-reactive ketones (excluding diaryl/α,β-unsaturated/α-hetero) is 1. The van der Waals surface area contributed by atoms with E-state index in [4.69, 9.17) is 19.6 Å². The first kappa shape index (κ1) is 19.9. The molecule has 0 aliphatic carbocycles. The lowest BCUT2D eigenvalue weighted by atomic mass is 10.1. The molecule has 1 aromatic heterocycles. The third kappa shape index (κ3) is 4.92. The number of amidine groups is 1. The molecule has 0 aliphatic rings. The molecule has 0 saturated heterocycles. The van der Waals surface area contributed by atoms with Gasteiger partial charge in [-0.1, -0.05) is 24.3 Å². The summed E-state index contributed by atoms with van der Waals surface area (Å²) in [6, 6.07) is 10.8. The predicted octanol–water partition coefficient (Wildman–Crippen LogP) is 2.90. The maximum absolute atomic E-state index is 11.3. The highest BCUT2D eigenvalue weighted by Crippen LogP contribution is 2.22. The molecule has 0 fully saturated rings. The molecule has 2 rings (SSSR count). The maximum Gasteiger partial charge on any atom is 0.176 e. The van der Waals surface area contributed by atoms with Crippen molar-refractivity contribution in [1.82, 2.24) is 0 Å². The van der Waals surface area contributed by atoms with Crippen LogP contribution in [0.25, 0.3) is 11.3 Å². The number of ether oxygens (including phenoxy) is 2. The topological polar surface area (TPSA) is 87.1 Å². The number of nitrogens with two attached hydrogens (primary N) is 1. The van der Waals surface area contributed by atoms with Crippen molar-refractivity contribution in [1.29, 1.82) is 0 Å². The highest BCUT2D eigenvalue weighted by atomic mass is 35.5. The van der Waals surface area contributed by atoms with Crippen molar-refractivity contribution in [3.63, 3.8) is 0 Å². The van der Waals surface area contributed by atoms with Gasteiger partial charge in [-0.15, -0.1) is 12.4 Å². The van der Waals surface area contributed by atoms with Crippen LogP contribution >= 0.6 is 12.4 Å². The smallest absolute Gasteiger partial charge is 0.176 e. The van der Waals surface area contributed by atoms with Crippen LogP contribution in [-0.2, 0) is 9.47 Å². The summed E-state index contributed by atoms with van der Waals surface area (Å²) in [5.74, 6) is 1.43. The Labute approximate surface area is 147 Å². The van der Waals surface area contributed by atoms with E-state index in [0.29, 0.717) is 17.1 Å². The normalized spacial score (nSPS) is 11.4. The SMILES string of the molecule is COC(CN=C(N)c1ccc(-c2ccc(C(C)=O)cc2)o1)OC.Cl. The number of carbonyl (C=O) groups is 1. The molecule has 2 N–H and O–H groups in total. The lowest BCUT2D eigenvalue weighted by molar-refractivity contribution is -0.0936. The van der Waals surface area contributed by atoms with E-state index in [1.807, 2.05) is 18.2 Å². The summed E-state index contributed by atoms with van der Waals surface area (Å²) in [5.41, 5.74) is 7.43. The van der Waals surface area contributed by atoms with Crippen LogP contribution < -0.4 is 5.73 Å². The summed E-state index contributed by atoms with van der Waals surface area (Å²) in [7, 11) is 3.07. The Morgan fingerprint density at radius 2 is 1.79 bits per heavy atom. The van der Waals surface area contributed by atoms with Gasteiger partial charge >= 0.3 is 0 Å². The van der Waals surface area contributed by atoms with Crippen LogP contribution in [0.4, 0.5) is 0 Å². The number of hydrogen-bond donors (Lipinski definition) is 1. The predicted molar refractivity (Wildman–Crippen MR) is 94.8 cm³/mol. The van der Waals surface area contributed by atoms with Gasteiger partial charge < -0.3 is 19.6 Å². The quantitative estimate of drug-likeness (QED) is 0.358. The van der Waals surface area contributed by atoms with Crippen LogP contribution in [0.1, 0.15) is 23.0 Å². The van der Waals surface area contributed by atoms with Gasteiger partial charge in [0, 0.05) is 25.3 Å². The minimum atomic E-state index is -0.442. The average molecular weight is 353 g/mol. The zero-order chi connectivity index (χ0) is 16.8. The molecular weight excluding hydrogens is 332 g/mol. The third-order valence-corrected chi connectivity index (χ3v) is 3.37. The highest BCUT2D eigenvalue weighted by molar-refractivity contribution is 5.96. The first-order valence-corrected chi connectivity index (χ1v) is 7.12. The van der Waals surface area contributed by atoms with E-state index in [2.05, 4.69) is 4.99 Å². The Hall–Kier alpha value is -2.15. The summed E-state index contributed by atoms with van der Waals surface area (Å²) in [4.78, 5) is 15.5. The lowest BCUT2D eigenvalue weighted by Gasteiger charge is -2.10. The molecule has 0 atom stereocenters. The second-order valence-electron chi connectivity index (χ2n) is 4.92. The first-order valence-electron chi connectivity index (χ1n) is 7.12. The van der Waals surface area contributed by atoms with Gasteiger partial charge in [-0.05, 0) is 19.1 Å². The number of rotatable bonds is 7. The van der Waals surface area contributed by atoms with Gasteiger partial charge in [0.15, 0.2) is 23.7 Å². The summed E-state index contributed by atoms with van der Waals surface area (Å²) >= 11 is 0. The lowest BCUT2D eigenvalue weighted by Crippen LogP contribution is -2.20. The number of carbonyl (C=O) groups excluding carboxylic acids is 1. The van der Waals surface area contributed by atoms with E-state index in [1.165, 1.54) is 21.1 Å². The van der Waals surface area contributed by atoms with Crippen molar-refractivity contribution in [3.05, 3.63) is 47.7 Å². The monoisotopic (exact) mass is 352 g/mol. The van der Waals surface area contributed by atoms with E-state index < -0.39 is 6.29 Å². The zero-order valence-corrected chi connectivity index (χ0v) is 14.6. The summed E-state index contributed by atoms with van der Waals surface area (Å²) in [5, 5.41) is 0. The highest BCUT2D eigenvalue weighted by Gasteiger charge is 2.10. The van der Waals surface area contributed by atoms with Crippen molar-refractivity contribution >= 4 is 24.0 Å². The van der Waals surface area contributed by atoms with Gasteiger partial charge in [0.1, 0.15) is 5.76 Å². The van der Waals surface area contributed by atoms with Gasteiger partial charge in [-0.3, -0.25) is 9.79 Å². The van der Waals surface area contributed by atoms with Gasteiger partial charge in [0.2, 0.25) is 0 Å². The van der Waals surface area contributed by atoms with E-state index in [1.54, 1.807) is 18.2 Å². The molecule has 0 bridgehead atoms. The fraction of sp³-hybridized carbons (Fsp3) is 0.294. The standard InChI is InChI=1S/C17H20N2O4.ClH/c1-11(20)12-4-6-13(7-5-12)14-8-9-15(23-14)17(18)19-10-16(21-2)22-3;/h4-9,16H,10H2,1-3H3,(H2,18,19);1H. The second kappa shape index (κ2) is 9.22. The van der Waals surface area contributed by atoms with Crippen LogP contribution in [0.15, 0.2) is 45.8 Å². The molecule has 0 aliphatic heterocycles. The number of halogens is 1. The fourth-order valence-corrected chi connectivity index (χ4v) is 2.00. The Balaban J connectivity index is 0.00000288. The zero-order valence-electron chi connectivity index (χ0n) is 13.8. The summed E-state index contributed by atoms with van der Waals surface area (Å²) in [6.45, 7) is 1.81. The molecular formula is C17H21ClN2O4. The molecule has 0 spiro atoms. The average Bonchev–Trinajstić information content (AvgIpc) is 3.05. The second-order valence-corrected chi connectivity index (χ2v) is 4.92.